The summed E-state index contributed by atoms with van der Waals surface area (Å²) in [7, 11) is 0. The lowest BCUT2D eigenvalue weighted by molar-refractivity contribution is 0.447. The number of rotatable bonds is 0. The van der Waals surface area contributed by atoms with Crippen molar-refractivity contribution in [1.29, 1.82) is 0 Å². The first-order valence-corrected chi connectivity index (χ1v) is 3.04. The third-order valence-electron chi connectivity index (χ3n) is 1.48. The zero-order chi connectivity index (χ0) is 6.10. The lowest BCUT2D eigenvalue weighted by Gasteiger charge is -2.12. The summed E-state index contributed by atoms with van der Waals surface area (Å²) in [6.07, 6.45) is 2.60. The van der Waals surface area contributed by atoms with Gasteiger partial charge in [0, 0.05) is 13.0 Å². The Morgan fingerprint density at radius 3 is 3.56 bits per heavy atom. The lowest BCUT2D eigenvalue weighted by atomic mass is 10.4. The lowest BCUT2D eigenvalue weighted by Crippen LogP contribution is -2.29. The summed E-state index contributed by atoms with van der Waals surface area (Å²) in [5.41, 5.74) is 0. The van der Waals surface area contributed by atoms with Gasteiger partial charge in [0.2, 0.25) is 0 Å². The molecular weight excluding hydrogens is 116 g/mol. The summed E-state index contributed by atoms with van der Waals surface area (Å²) < 4.78 is 1.88. The van der Waals surface area contributed by atoms with Gasteiger partial charge in [-0.25, -0.2) is 9.67 Å². The first-order chi connectivity index (χ1) is 4.47. The molecule has 1 aromatic rings. The van der Waals surface area contributed by atoms with Crippen molar-refractivity contribution in [3.8, 4) is 0 Å². The predicted octanol–water partition coefficient (Wildman–Crippen LogP) is -0.619. The molecule has 1 aliphatic heterocycles. The van der Waals surface area contributed by atoms with Gasteiger partial charge in [0.1, 0.15) is 12.2 Å². The maximum atomic E-state index is 4.07. The molecule has 0 aromatic carbocycles. The number of aromatic nitrogens is 3. The molecule has 48 valence electrons. The molecule has 0 fully saturated rings. The molecule has 0 amide bonds. The van der Waals surface area contributed by atoms with E-state index in [0.717, 1.165) is 25.5 Å². The largest absolute Gasteiger partial charge is 0.298 e. The predicted molar refractivity (Wildman–Crippen MR) is 31.7 cm³/mol. The van der Waals surface area contributed by atoms with E-state index in [1.165, 1.54) is 0 Å². The fourth-order valence-corrected chi connectivity index (χ4v) is 0.999. The fourth-order valence-electron chi connectivity index (χ4n) is 0.999. The van der Waals surface area contributed by atoms with Crippen LogP contribution in [0.15, 0.2) is 6.33 Å². The van der Waals surface area contributed by atoms with Crippen molar-refractivity contribution >= 4 is 0 Å². The van der Waals surface area contributed by atoms with E-state index in [9.17, 15) is 0 Å². The number of hydrogen-bond donors (Lipinski definition) is 1. The van der Waals surface area contributed by atoms with Crippen LogP contribution in [0.4, 0.5) is 0 Å². The van der Waals surface area contributed by atoms with Crippen LogP contribution in [0.5, 0.6) is 0 Å². The average molecular weight is 124 g/mol. The second kappa shape index (κ2) is 1.80. The van der Waals surface area contributed by atoms with E-state index in [2.05, 4.69) is 15.4 Å². The second-order valence-corrected chi connectivity index (χ2v) is 2.08. The molecule has 4 heteroatoms. The summed E-state index contributed by atoms with van der Waals surface area (Å²) in [5.74, 6) is 1.09. The van der Waals surface area contributed by atoms with E-state index in [1.54, 1.807) is 6.33 Å². The highest BCUT2D eigenvalue weighted by Crippen LogP contribution is 1.96. The first-order valence-electron chi connectivity index (χ1n) is 3.04. The summed E-state index contributed by atoms with van der Waals surface area (Å²) in [4.78, 5) is 4.07. The van der Waals surface area contributed by atoms with Gasteiger partial charge < -0.3 is 0 Å². The molecule has 0 bridgehead atoms. The average Bonchev–Trinajstić information content (AvgIpc) is 2.33. The van der Waals surface area contributed by atoms with E-state index in [4.69, 9.17) is 0 Å². The molecule has 1 aromatic heterocycles. The van der Waals surface area contributed by atoms with Crippen molar-refractivity contribution in [2.75, 3.05) is 6.54 Å². The number of nitrogens with zero attached hydrogens (tertiary/aromatic N) is 3. The van der Waals surface area contributed by atoms with Gasteiger partial charge in [0.25, 0.3) is 0 Å². The van der Waals surface area contributed by atoms with Crippen molar-refractivity contribution < 1.29 is 0 Å². The van der Waals surface area contributed by atoms with Gasteiger partial charge in [0.05, 0.1) is 6.67 Å². The van der Waals surface area contributed by atoms with Crippen molar-refractivity contribution in [1.82, 2.24) is 20.1 Å². The Balaban J connectivity index is 2.39. The molecule has 2 heterocycles. The Kier molecular flexibility index (Phi) is 0.989. The summed E-state index contributed by atoms with van der Waals surface area (Å²) in [5, 5.41) is 7.19. The number of nitrogens with one attached hydrogen (secondary N) is 1. The van der Waals surface area contributed by atoms with Crippen LogP contribution >= 0.6 is 0 Å². The minimum absolute atomic E-state index is 0.815. The van der Waals surface area contributed by atoms with Gasteiger partial charge >= 0.3 is 0 Å². The maximum Gasteiger partial charge on any atom is 0.138 e. The Morgan fingerprint density at radius 1 is 1.67 bits per heavy atom. The molecule has 0 saturated heterocycles. The second-order valence-electron chi connectivity index (χ2n) is 2.08. The van der Waals surface area contributed by atoms with Crippen molar-refractivity contribution in [3.63, 3.8) is 0 Å². The van der Waals surface area contributed by atoms with Gasteiger partial charge in [-0.1, -0.05) is 0 Å². The molecule has 4 nitrogen and oxygen atoms in total. The zero-order valence-corrected chi connectivity index (χ0v) is 5.04. The van der Waals surface area contributed by atoms with Crippen molar-refractivity contribution in [2.24, 2.45) is 0 Å². The quantitative estimate of drug-likeness (QED) is 0.501. The monoisotopic (exact) mass is 124 g/mol. The third-order valence-corrected chi connectivity index (χ3v) is 1.48. The zero-order valence-electron chi connectivity index (χ0n) is 5.04. The van der Waals surface area contributed by atoms with E-state index < -0.39 is 0 Å². The topological polar surface area (TPSA) is 42.7 Å². The van der Waals surface area contributed by atoms with Crippen LogP contribution in [0.1, 0.15) is 5.82 Å². The molecule has 0 unspecified atom stereocenters. The van der Waals surface area contributed by atoms with Crippen LogP contribution < -0.4 is 5.32 Å². The summed E-state index contributed by atoms with van der Waals surface area (Å²) >= 11 is 0. The molecule has 1 N–H and O–H groups in total. The molecule has 9 heavy (non-hydrogen) atoms. The van der Waals surface area contributed by atoms with Crippen LogP contribution in [0.25, 0.3) is 0 Å². The van der Waals surface area contributed by atoms with E-state index >= 15 is 0 Å². The minimum atomic E-state index is 0.815. The summed E-state index contributed by atoms with van der Waals surface area (Å²) in [6, 6.07) is 0. The van der Waals surface area contributed by atoms with Gasteiger partial charge in [-0.2, -0.15) is 5.10 Å². The van der Waals surface area contributed by atoms with E-state index in [-0.39, 0.29) is 0 Å². The van der Waals surface area contributed by atoms with Gasteiger partial charge in [-0.3, -0.25) is 5.32 Å². The Labute approximate surface area is 52.9 Å². The number of fused-ring (bicyclic) bond motifs is 1. The summed E-state index contributed by atoms with van der Waals surface area (Å²) in [6.45, 7) is 1.84. The standard InChI is InChI=1S/C5H8N4/c1-2-6-4-9-5(1)7-3-8-9/h3,6H,1-2,4H2. The van der Waals surface area contributed by atoms with Gasteiger partial charge in [-0.15, -0.1) is 0 Å². The molecular formula is C5H8N4. The Morgan fingerprint density at radius 2 is 2.67 bits per heavy atom. The molecule has 0 saturated carbocycles. The van der Waals surface area contributed by atoms with E-state index in [0.29, 0.717) is 0 Å². The van der Waals surface area contributed by atoms with Crippen molar-refractivity contribution in [2.45, 2.75) is 13.1 Å². The van der Waals surface area contributed by atoms with Crippen LogP contribution in [0, 0.1) is 0 Å². The van der Waals surface area contributed by atoms with Crippen LogP contribution in [-0.2, 0) is 13.1 Å². The van der Waals surface area contributed by atoms with Gasteiger partial charge in [-0.05, 0) is 0 Å². The SMILES string of the molecule is c1nc2n(n1)CNCC2. The van der Waals surface area contributed by atoms with Crippen LogP contribution in [-0.4, -0.2) is 21.3 Å². The highest BCUT2D eigenvalue weighted by Gasteiger charge is 2.07. The fraction of sp³-hybridized carbons (Fsp3) is 0.600. The molecule has 0 spiro atoms. The smallest absolute Gasteiger partial charge is 0.138 e. The highest BCUT2D eigenvalue weighted by atomic mass is 15.4. The first kappa shape index (κ1) is 4.93. The van der Waals surface area contributed by atoms with Crippen molar-refractivity contribution in [3.05, 3.63) is 12.2 Å². The van der Waals surface area contributed by atoms with Gasteiger partial charge in [0.15, 0.2) is 0 Å². The maximum absolute atomic E-state index is 4.07. The van der Waals surface area contributed by atoms with Crippen LogP contribution in [0.3, 0.4) is 0 Å². The highest BCUT2D eigenvalue weighted by molar-refractivity contribution is 4.87. The Bertz CT molecular complexity index is 184. The molecule has 2 rings (SSSR count). The number of hydrogen-bond acceptors (Lipinski definition) is 3. The minimum Gasteiger partial charge on any atom is -0.298 e. The molecule has 1 aliphatic rings. The van der Waals surface area contributed by atoms with Crippen LogP contribution in [0.2, 0.25) is 0 Å². The molecule has 0 atom stereocenters. The molecule has 0 aliphatic carbocycles. The normalized spacial score (nSPS) is 17.3. The van der Waals surface area contributed by atoms with E-state index in [1.807, 2.05) is 4.68 Å². The Hall–Kier alpha value is -0.900. The third kappa shape index (κ3) is 0.712. The molecule has 0 radical (unpaired) electrons.